The topological polar surface area (TPSA) is 91.0 Å². The summed E-state index contributed by atoms with van der Waals surface area (Å²) in [5.41, 5.74) is 4.42. The fourth-order valence-corrected chi connectivity index (χ4v) is 3.57. The predicted octanol–water partition coefficient (Wildman–Crippen LogP) is 2.50. The number of anilines is 1. The van der Waals surface area contributed by atoms with Gasteiger partial charge in [0, 0.05) is 38.5 Å². The summed E-state index contributed by atoms with van der Waals surface area (Å²) in [6.45, 7) is 5.11. The molecule has 0 bridgehead atoms. The van der Waals surface area contributed by atoms with Crippen LogP contribution in [0.5, 0.6) is 0 Å². The van der Waals surface area contributed by atoms with E-state index >= 15 is 0 Å². The van der Waals surface area contributed by atoms with Crippen LogP contribution < -0.4 is 10.2 Å². The number of carbonyl (C=O) groups excluding carboxylic acids is 2. The second kappa shape index (κ2) is 6.90. The van der Waals surface area contributed by atoms with Gasteiger partial charge in [-0.25, -0.2) is 9.97 Å². The van der Waals surface area contributed by atoms with Crippen molar-refractivity contribution in [1.29, 1.82) is 0 Å². The molecule has 0 aromatic carbocycles. The zero-order valence-electron chi connectivity index (χ0n) is 15.9. The lowest BCUT2D eigenvalue weighted by atomic mass is 9.92. The fourth-order valence-electron chi connectivity index (χ4n) is 3.57. The molecule has 2 heterocycles. The lowest BCUT2D eigenvalue weighted by Crippen LogP contribution is -2.32. The number of hydrogen-bond donors (Lipinski definition) is 2. The normalized spacial score (nSPS) is 16.1. The standard InChI is InChI=1S/C19H25N5O2/c1-10-16(11(2)21-17(10)12(3)25)18(26)22-14-7-6-8-15-13(14)9-20-19(23-15)24(4)5/h9,14,21H,6-8H2,1-5H3,(H,22,26)/t14-/m1/s1. The van der Waals surface area contributed by atoms with Gasteiger partial charge >= 0.3 is 0 Å². The highest BCUT2D eigenvalue weighted by molar-refractivity contribution is 6.02. The molecule has 0 unspecified atom stereocenters. The number of carbonyl (C=O) groups is 2. The first kappa shape index (κ1) is 18.1. The first-order valence-electron chi connectivity index (χ1n) is 8.83. The van der Waals surface area contributed by atoms with Crippen molar-refractivity contribution in [2.24, 2.45) is 0 Å². The zero-order valence-corrected chi connectivity index (χ0v) is 15.9. The lowest BCUT2D eigenvalue weighted by molar-refractivity contribution is 0.0931. The molecular formula is C19H25N5O2. The second-order valence-electron chi connectivity index (χ2n) is 7.07. The van der Waals surface area contributed by atoms with E-state index in [1.54, 1.807) is 6.92 Å². The van der Waals surface area contributed by atoms with Gasteiger partial charge in [0.15, 0.2) is 5.78 Å². The van der Waals surface area contributed by atoms with Crippen LogP contribution in [0.2, 0.25) is 0 Å². The Labute approximate surface area is 153 Å². The van der Waals surface area contributed by atoms with E-state index in [0.29, 0.717) is 28.5 Å². The zero-order chi connectivity index (χ0) is 19.0. The van der Waals surface area contributed by atoms with Crippen molar-refractivity contribution < 1.29 is 9.59 Å². The highest BCUT2D eigenvalue weighted by Crippen LogP contribution is 2.30. The molecule has 2 aromatic heterocycles. The average Bonchev–Trinajstić information content (AvgIpc) is 2.89. The molecule has 0 saturated carbocycles. The monoisotopic (exact) mass is 355 g/mol. The van der Waals surface area contributed by atoms with Crippen molar-refractivity contribution in [1.82, 2.24) is 20.3 Å². The third kappa shape index (κ3) is 3.21. The van der Waals surface area contributed by atoms with Crippen molar-refractivity contribution in [2.45, 2.75) is 46.1 Å². The van der Waals surface area contributed by atoms with E-state index in [9.17, 15) is 9.59 Å². The van der Waals surface area contributed by atoms with Gasteiger partial charge in [0.25, 0.3) is 5.91 Å². The van der Waals surface area contributed by atoms with Gasteiger partial charge in [-0.2, -0.15) is 0 Å². The number of Topliss-reactive ketones (excluding diaryl/α,β-unsaturated/α-hetero) is 1. The van der Waals surface area contributed by atoms with Crippen LogP contribution in [-0.2, 0) is 6.42 Å². The Hall–Kier alpha value is -2.70. The summed E-state index contributed by atoms with van der Waals surface area (Å²) in [5.74, 6) is 0.440. The van der Waals surface area contributed by atoms with E-state index < -0.39 is 0 Å². The smallest absolute Gasteiger partial charge is 0.253 e. The van der Waals surface area contributed by atoms with Crippen LogP contribution in [0.4, 0.5) is 5.95 Å². The molecule has 0 fully saturated rings. The quantitative estimate of drug-likeness (QED) is 0.822. The summed E-state index contributed by atoms with van der Waals surface area (Å²) in [7, 11) is 3.82. The summed E-state index contributed by atoms with van der Waals surface area (Å²) in [6.07, 6.45) is 4.53. The summed E-state index contributed by atoms with van der Waals surface area (Å²) in [5, 5.41) is 3.11. The molecule has 26 heavy (non-hydrogen) atoms. The van der Waals surface area contributed by atoms with Crippen molar-refractivity contribution in [3.8, 4) is 0 Å². The van der Waals surface area contributed by atoms with Crippen LogP contribution in [0.15, 0.2) is 6.20 Å². The van der Waals surface area contributed by atoms with Gasteiger partial charge in [-0.1, -0.05) is 0 Å². The van der Waals surface area contributed by atoms with Crippen molar-refractivity contribution in [3.05, 3.63) is 40.0 Å². The van der Waals surface area contributed by atoms with Gasteiger partial charge in [0.2, 0.25) is 5.95 Å². The van der Waals surface area contributed by atoms with Gasteiger partial charge in [-0.05, 0) is 38.7 Å². The van der Waals surface area contributed by atoms with Crippen LogP contribution in [0.25, 0.3) is 0 Å². The minimum atomic E-state index is -0.168. The largest absolute Gasteiger partial charge is 0.355 e. The molecule has 0 spiro atoms. The summed E-state index contributed by atoms with van der Waals surface area (Å²) in [4.78, 5) is 38.5. The first-order valence-corrected chi connectivity index (χ1v) is 8.83. The number of fused-ring (bicyclic) bond motifs is 1. The van der Waals surface area contributed by atoms with E-state index in [4.69, 9.17) is 0 Å². The van der Waals surface area contributed by atoms with Crippen molar-refractivity contribution in [3.63, 3.8) is 0 Å². The predicted molar refractivity (Wildman–Crippen MR) is 99.8 cm³/mol. The van der Waals surface area contributed by atoms with Gasteiger partial charge in [-0.15, -0.1) is 0 Å². The molecule has 7 nitrogen and oxygen atoms in total. The number of rotatable bonds is 4. The Morgan fingerprint density at radius 3 is 2.65 bits per heavy atom. The molecule has 2 aromatic rings. The number of H-pyrrole nitrogens is 1. The molecule has 7 heteroatoms. The van der Waals surface area contributed by atoms with E-state index in [-0.39, 0.29) is 17.7 Å². The molecule has 138 valence electrons. The molecule has 1 amide bonds. The summed E-state index contributed by atoms with van der Waals surface area (Å²) >= 11 is 0. The number of aromatic amines is 1. The number of hydrogen-bond acceptors (Lipinski definition) is 5. The number of nitrogens with zero attached hydrogens (tertiary/aromatic N) is 3. The summed E-state index contributed by atoms with van der Waals surface area (Å²) in [6, 6.07) is -0.114. The molecule has 1 aliphatic carbocycles. The SMILES string of the molecule is CC(=O)c1[nH]c(C)c(C(=O)N[C@@H]2CCCc3nc(N(C)C)ncc32)c1C. The second-order valence-corrected chi connectivity index (χ2v) is 7.07. The van der Waals surface area contributed by atoms with Crippen LogP contribution in [-0.4, -0.2) is 40.7 Å². The molecule has 0 radical (unpaired) electrons. The summed E-state index contributed by atoms with van der Waals surface area (Å²) < 4.78 is 0. The number of amides is 1. The number of aromatic nitrogens is 3. The van der Waals surface area contributed by atoms with Crippen molar-refractivity contribution >= 4 is 17.6 Å². The first-order chi connectivity index (χ1) is 12.3. The van der Waals surface area contributed by atoms with Gasteiger partial charge < -0.3 is 15.2 Å². The van der Waals surface area contributed by atoms with Gasteiger partial charge in [0.05, 0.1) is 23.0 Å². The van der Waals surface area contributed by atoms with Gasteiger partial charge in [-0.3, -0.25) is 9.59 Å². The molecule has 0 saturated heterocycles. The fraction of sp³-hybridized carbons (Fsp3) is 0.474. The number of aryl methyl sites for hydroxylation is 2. The van der Waals surface area contributed by atoms with Crippen LogP contribution >= 0.6 is 0 Å². The van der Waals surface area contributed by atoms with E-state index in [1.165, 1.54) is 6.92 Å². The molecule has 3 rings (SSSR count). The van der Waals surface area contributed by atoms with Crippen LogP contribution in [0, 0.1) is 13.8 Å². The Balaban J connectivity index is 1.87. The lowest BCUT2D eigenvalue weighted by Gasteiger charge is -2.26. The minimum Gasteiger partial charge on any atom is -0.355 e. The van der Waals surface area contributed by atoms with Crippen LogP contribution in [0.1, 0.15) is 69.2 Å². The maximum Gasteiger partial charge on any atom is 0.253 e. The third-order valence-corrected chi connectivity index (χ3v) is 4.89. The Morgan fingerprint density at radius 2 is 2.04 bits per heavy atom. The minimum absolute atomic E-state index is 0.0720. The molecule has 0 aliphatic heterocycles. The maximum atomic E-state index is 12.9. The molecule has 1 atom stereocenters. The van der Waals surface area contributed by atoms with Crippen LogP contribution in [0.3, 0.4) is 0 Å². The van der Waals surface area contributed by atoms with E-state index in [1.807, 2.05) is 32.1 Å². The van der Waals surface area contributed by atoms with E-state index in [2.05, 4.69) is 20.3 Å². The number of nitrogens with one attached hydrogen (secondary N) is 2. The molecule has 1 aliphatic rings. The van der Waals surface area contributed by atoms with Crippen molar-refractivity contribution in [2.75, 3.05) is 19.0 Å². The van der Waals surface area contributed by atoms with Gasteiger partial charge in [0.1, 0.15) is 0 Å². The number of ketones is 1. The Bertz CT molecular complexity index is 869. The highest BCUT2D eigenvalue weighted by atomic mass is 16.2. The molecular weight excluding hydrogens is 330 g/mol. The maximum absolute atomic E-state index is 12.9. The molecule has 2 N–H and O–H groups in total. The highest BCUT2D eigenvalue weighted by Gasteiger charge is 2.27. The Morgan fingerprint density at radius 1 is 1.31 bits per heavy atom. The Kier molecular flexibility index (Phi) is 4.80. The third-order valence-electron chi connectivity index (χ3n) is 4.89. The van der Waals surface area contributed by atoms with E-state index in [0.717, 1.165) is 30.5 Å². The average molecular weight is 355 g/mol.